The van der Waals surface area contributed by atoms with Gasteiger partial charge in [-0.1, -0.05) is 5.57 Å². The Balaban J connectivity index is 2.09. The molecule has 1 fully saturated rings. The third-order valence-electron chi connectivity index (χ3n) is 2.23. The molecule has 0 unspecified atom stereocenters. The standard InChI is InChI=1S/C10H14N2S/c1-8-12-10(7-13-8)6-9-2-4-11-5-3-9/h6-7,11H,2-5H2,1H3. The van der Waals surface area contributed by atoms with Crippen LogP contribution in [0, 0.1) is 6.92 Å². The highest BCUT2D eigenvalue weighted by Gasteiger charge is 2.04. The van der Waals surface area contributed by atoms with E-state index in [0.29, 0.717) is 0 Å². The number of nitrogens with zero attached hydrogens (tertiary/aromatic N) is 1. The quantitative estimate of drug-likeness (QED) is 0.741. The van der Waals surface area contributed by atoms with Crippen LogP contribution in [0.3, 0.4) is 0 Å². The number of hydrogen-bond donors (Lipinski definition) is 1. The maximum atomic E-state index is 4.43. The first-order chi connectivity index (χ1) is 6.34. The first kappa shape index (κ1) is 8.91. The van der Waals surface area contributed by atoms with Crippen molar-refractivity contribution in [3.8, 4) is 0 Å². The molecule has 0 radical (unpaired) electrons. The summed E-state index contributed by atoms with van der Waals surface area (Å²) in [5.74, 6) is 0. The van der Waals surface area contributed by atoms with Crippen LogP contribution in [-0.4, -0.2) is 18.1 Å². The molecule has 1 N–H and O–H groups in total. The van der Waals surface area contributed by atoms with Crippen LogP contribution < -0.4 is 5.32 Å². The summed E-state index contributed by atoms with van der Waals surface area (Å²) in [4.78, 5) is 4.43. The molecule has 0 aromatic carbocycles. The summed E-state index contributed by atoms with van der Waals surface area (Å²) in [7, 11) is 0. The lowest BCUT2D eigenvalue weighted by atomic mass is 10.0. The van der Waals surface area contributed by atoms with Crippen molar-refractivity contribution in [1.29, 1.82) is 0 Å². The van der Waals surface area contributed by atoms with E-state index < -0.39 is 0 Å². The van der Waals surface area contributed by atoms with Crippen molar-refractivity contribution in [3.05, 3.63) is 21.7 Å². The van der Waals surface area contributed by atoms with Gasteiger partial charge in [-0.15, -0.1) is 11.3 Å². The van der Waals surface area contributed by atoms with Gasteiger partial charge in [0.25, 0.3) is 0 Å². The molecule has 2 nitrogen and oxygen atoms in total. The third-order valence-corrected chi connectivity index (χ3v) is 3.03. The third kappa shape index (κ3) is 2.39. The predicted octanol–water partition coefficient (Wildman–Crippen LogP) is 2.22. The minimum atomic E-state index is 1.12. The van der Waals surface area contributed by atoms with E-state index in [-0.39, 0.29) is 0 Å². The number of aryl methyl sites for hydroxylation is 1. The van der Waals surface area contributed by atoms with E-state index in [1.54, 1.807) is 11.3 Å². The van der Waals surface area contributed by atoms with Crippen LogP contribution in [0.5, 0.6) is 0 Å². The first-order valence-corrected chi connectivity index (χ1v) is 5.55. The van der Waals surface area contributed by atoms with E-state index in [2.05, 4.69) is 28.7 Å². The van der Waals surface area contributed by atoms with Crippen LogP contribution in [0.4, 0.5) is 0 Å². The van der Waals surface area contributed by atoms with E-state index in [1.165, 1.54) is 18.4 Å². The van der Waals surface area contributed by atoms with Gasteiger partial charge in [0.1, 0.15) is 0 Å². The lowest BCUT2D eigenvalue weighted by Crippen LogP contribution is -2.22. The molecular formula is C10H14N2S. The van der Waals surface area contributed by atoms with Gasteiger partial charge in [-0.2, -0.15) is 0 Å². The van der Waals surface area contributed by atoms with Crippen LogP contribution in [0.1, 0.15) is 23.5 Å². The van der Waals surface area contributed by atoms with Gasteiger partial charge in [0.15, 0.2) is 0 Å². The number of aromatic nitrogens is 1. The molecule has 3 heteroatoms. The van der Waals surface area contributed by atoms with Gasteiger partial charge in [0.2, 0.25) is 0 Å². The zero-order chi connectivity index (χ0) is 9.10. The Morgan fingerprint density at radius 3 is 2.85 bits per heavy atom. The van der Waals surface area contributed by atoms with Crippen molar-refractivity contribution in [2.45, 2.75) is 19.8 Å². The lowest BCUT2D eigenvalue weighted by molar-refractivity contribution is 0.613. The van der Waals surface area contributed by atoms with Crippen molar-refractivity contribution in [2.24, 2.45) is 0 Å². The topological polar surface area (TPSA) is 24.9 Å². The fourth-order valence-electron chi connectivity index (χ4n) is 1.55. The normalized spacial score (nSPS) is 17.5. The van der Waals surface area contributed by atoms with Crippen molar-refractivity contribution in [1.82, 2.24) is 10.3 Å². The maximum absolute atomic E-state index is 4.43. The average molecular weight is 194 g/mol. The molecule has 0 saturated carbocycles. The van der Waals surface area contributed by atoms with Crippen LogP contribution in [0.2, 0.25) is 0 Å². The molecule has 70 valence electrons. The highest BCUT2D eigenvalue weighted by molar-refractivity contribution is 7.09. The Morgan fingerprint density at radius 1 is 1.46 bits per heavy atom. The van der Waals surface area contributed by atoms with E-state index >= 15 is 0 Å². The van der Waals surface area contributed by atoms with Gasteiger partial charge in [0.05, 0.1) is 10.7 Å². The van der Waals surface area contributed by atoms with Gasteiger partial charge < -0.3 is 5.32 Å². The molecule has 13 heavy (non-hydrogen) atoms. The van der Waals surface area contributed by atoms with Gasteiger partial charge in [-0.3, -0.25) is 0 Å². The van der Waals surface area contributed by atoms with Crippen molar-refractivity contribution >= 4 is 17.4 Å². The zero-order valence-corrected chi connectivity index (χ0v) is 8.66. The summed E-state index contributed by atoms with van der Waals surface area (Å²) in [6.07, 6.45) is 4.59. The number of hydrogen-bond acceptors (Lipinski definition) is 3. The fraction of sp³-hybridized carbons (Fsp3) is 0.500. The largest absolute Gasteiger partial charge is 0.316 e. The number of nitrogens with one attached hydrogen (secondary N) is 1. The van der Waals surface area contributed by atoms with E-state index in [9.17, 15) is 0 Å². The predicted molar refractivity (Wildman–Crippen MR) is 56.9 cm³/mol. The van der Waals surface area contributed by atoms with Crippen LogP contribution in [0.15, 0.2) is 11.0 Å². The SMILES string of the molecule is Cc1nc(C=C2CCNCC2)cs1. The lowest BCUT2D eigenvalue weighted by Gasteiger charge is -2.14. The van der Waals surface area contributed by atoms with E-state index in [1.807, 2.05) is 0 Å². The summed E-state index contributed by atoms with van der Waals surface area (Å²) >= 11 is 1.72. The van der Waals surface area contributed by atoms with E-state index in [0.717, 1.165) is 23.8 Å². The monoisotopic (exact) mass is 194 g/mol. The molecule has 0 atom stereocenters. The highest BCUT2D eigenvalue weighted by atomic mass is 32.1. The Hall–Kier alpha value is -0.670. The first-order valence-electron chi connectivity index (χ1n) is 4.67. The Labute approximate surface area is 82.7 Å². The van der Waals surface area contributed by atoms with Gasteiger partial charge in [-0.05, 0) is 38.9 Å². The van der Waals surface area contributed by atoms with Crippen molar-refractivity contribution in [2.75, 3.05) is 13.1 Å². The summed E-state index contributed by atoms with van der Waals surface area (Å²) in [6, 6.07) is 0. The second kappa shape index (κ2) is 4.03. The molecule has 0 aliphatic carbocycles. The zero-order valence-electron chi connectivity index (χ0n) is 7.84. The molecular weight excluding hydrogens is 180 g/mol. The molecule has 0 bridgehead atoms. The fourth-order valence-corrected chi connectivity index (χ4v) is 2.12. The van der Waals surface area contributed by atoms with Crippen molar-refractivity contribution < 1.29 is 0 Å². The molecule has 2 heterocycles. The van der Waals surface area contributed by atoms with Gasteiger partial charge in [-0.25, -0.2) is 4.98 Å². The maximum Gasteiger partial charge on any atom is 0.0901 e. The minimum absolute atomic E-state index is 1.12. The molecule has 1 aliphatic rings. The molecule has 0 spiro atoms. The molecule has 1 aliphatic heterocycles. The summed E-state index contributed by atoms with van der Waals surface area (Å²) in [5.41, 5.74) is 2.67. The molecule has 1 aromatic heterocycles. The van der Waals surface area contributed by atoms with Crippen LogP contribution in [0.25, 0.3) is 6.08 Å². The van der Waals surface area contributed by atoms with Crippen LogP contribution in [-0.2, 0) is 0 Å². The van der Waals surface area contributed by atoms with Gasteiger partial charge >= 0.3 is 0 Å². The minimum Gasteiger partial charge on any atom is -0.316 e. The summed E-state index contributed by atoms with van der Waals surface area (Å²) in [5, 5.41) is 6.63. The molecule has 1 aromatic rings. The van der Waals surface area contributed by atoms with Crippen LogP contribution >= 0.6 is 11.3 Å². The Kier molecular flexibility index (Phi) is 2.76. The highest BCUT2D eigenvalue weighted by Crippen LogP contribution is 2.16. The average Bonchev–Trinajstić information content (AvgIpc) is 2.53. The van der Waals surface area contributed by atoms with Crippen molar-refractivity contribution in [3.63, 3.8) is 0 Å². The smallest absolute Gasteiger partial charge is 0.0901 e. The van der Waals surface area contributed by atoms with Gasteiger partial charge in [0, 0.05) is 5.38 Å². The second-order valence-corrected chi connectivity index (χ2v) is 4.41. The molecule has 1 saturated heterocycles. The van der Waals surface area contributed by atoms with E-state index in [4.69, 9.17) is 0 Å². The Morgan fingerprint density at radius 2 is 2.23 bits per heavy atom. The Bertz CT molecular complexity index is 306. The molecule has 2 rings (SSSR count). The summed E-state index contributed by atoms with van der Waals surface area (Å²) < 4.78 is 0. The summed E-state index contributed by atoms with van der Waals surface area (Å²) in [6.45, 7) is 4.29. The molecule has 0 amide bonds. The number of rotatable bonds is 1. The number of piperidine rings is 1. The second-order valence-electron chi connectivity index (χ2n) is 3.34. The number of thiazole rings is 1.